The van der Waals surface area contributed by atoms with E-state index in [1.165, 1.54) is 0 Å². The molecule has 0 saturated carbocycles. The van der Waals surface area contributed by atoms with Crippen molar-refractivity contribution in [3.8, 4) is 0 Å². The predicted octanol–water partition coefficient (Wildman–Crippen LogP) is 3.11. The fraction of sp³-hybridized carbons (Fsp3) is 0.143. The highest BCUT2D eigenvalue weighted by atomic mass is 35.5. The number of hydrogen-bond donors (Lipinski definition) is 2. The second-order valence-electron chi connectivity index (χ2n) is 3.86. The van der Waals surface area contributed by atoms with Crippen LogP contribution in [0.15, 0.2) is 54.6 Å². The molecule has 0 heterocycles. The summed E-state index contributed by atoms with van der Waals surface area (Å²) in [5.74, 6) is 0. The number of halogens is 1. The summed E-state index contributed by atoms with van der Waals surface area (Å²) >= 11 is 5.85. The SMILES string of the molecule is OC(c1ccccc1)C(O)c1cccc(Cl)c1. The molecule has 0 bridgehead atoms. The largest absolute Gasteiger partial charge is 0.385 e. The smallest absolute Gasteiger partial charge is 0.109 e. The van der Waals surface area contributed by atoms with Crippen molar-refractivity contribution in [2.24, 2.45) is 0 Å². The lowest BCUT2D eigenvalue weighted by molar-refractivity contribution is 0.0172. The molecule has 2 nitrogen and oxygen atoms in total. The molecule has 0 fully saturated rings. The van der Waals surface area contributed by atoms with E-state index in [4.69, 9.17) is 11.6 Å². The van der Waals surface area contributed by atoms with Crippen LogP contribution in [0.4, 0.5) is 0 Å². The molecule has 0 saturated heterocycles. The molecule has 0 aromatic heterocycles. The van der Waals surface area contributed by atoms with Gasteiger partial charge in [-0.15, -0.1) is 0 Å². The summed E-state index contributed by atoms with van der Waals surface area (Å²) in [5, 5.41) is 20.6. The summed E-state index contributed by atoms with van der Waals surface area (Å²) in [6.45, 7) is 0. The van der Waals surface area contributed by atoms with Crippen LogP contribution < -0.4 is 0 Å². The van der Waals surface area contributed by atoms with Gasteiger partial charge in [-0.3, -0.25) is 0 Å². The lowest BCUT2D eigenvalue weighted by Gasteiger charge is -2.18. The molecule has 2 N–H and O–H groups in total. The van der Waals surface area contributed by atoms with Crippen LogP contribution in [0.5, 0.6) is 0 Å². The number of hydrogen-bond acceptors (Lipinski definition) is 2. The van der Waals surface area contributed by atoms with E-state index in [2.05, 4.69) is 0 Å². The van der Waals surface area contributed by atoms with Gasteiger partial charge in [0.2, 0.25) is 0 Å². The van der Waals surface area contributed by atoms with E-state index in [-0.39, 0.29) is 0 Å². The molecule has 17 heavy (non-hydrogen) atoms. The maximum atomic E-state index is 10.1. The molecule has 2 aromatic rings. The lowest BCUT2D eigenvalue weighted by atomic mass is 9.98. The summed E-state index contributed by atoms with van der Waals surface area (Å²) in [7, 11) is 0. The van der Waals surface area contributed by atoms with Crippen LogP contribution in [-0.4, -0.2) is 10.2 Å². The molecule has 2 rings (SSSR count). The van der Waals surface area contributed by atoms with Gasteiger partial charge in [0.25, 0.3) is 0 Å². The van der Waals surface area contributed by atoms with Gasteiger partial charge in [-0.2, -0.15) is 0 Å². The van der Waals surface area contributed by atoms with Crippen molar-refractivity contribution in [3.05, 3.63) is 70.7 Å². The highest BCUT2D eigenvalue weighted by Crippen LogP contribution is 2.29. The van der Waals surface area contributed by atoms with Crippen molar-refractivity contribution >= 4 is 11.6 Å². The van der Waals surface area contributed by atoms with Crippen molar-refractivity contribution in [2.45, 2.75) is 12.2 Å². The van der Waals surface area contributed by atoms with Crippen LogP contribution in [0.25, 0.3) is 0 Å². The van der Waals surface area contributed by atoms with E-state index in [9.17, 15) is 10.2 Å². The van der Waals surface area contributed by atoms with Crippen LogP contribution in [0.1, 0.15) is 23.3 Å². The van der Waals surface area contributed by atoms with Crippen molar-refractivity contribution in [2.75, 3.05) is 0 Å². The topological polar surface area (TPSA) is 40.5 Å². The first kappa shape index (κ1) is 12.1. The van der Waals surface area contributed by atoms with Gasteiger partial charge in [-0.1, -0.05) is 54.1 Å². The Balaban J connectivity index is 2.23. The van der Waals surface area contributed by atoms with E-state index in [1.54, 1.807) is 36.4 Å². The van der Waals surface area contributed by atoms with E-state index in [1.807, 2.05) is 18.2 Å². The third-order valence-corrected chi connectivity index (χ3v) is 2.87. The molecule has 2 atom stereocenters. The van der Waals surface area contributed by atoms with Crippen LogP contribution in [0.3, 0.4) is 0 Å². The highest BCUT2D eigenvalue weighted by molar-refractivity contribution is 6.30. The number of rotatable bonds is 3. The molecule has 0 radical (unpaired) electrons. The molecule has 0 aliphatic carbocycles. The third kappa shape index (κ3) is 2.86. The van der Waals surface area contributed by atoms with E-state index < -0.39 is 12.2 Å². The Morgan fingerprint density at radius 3 is 2.00 bits per heavy atom. The zero-order chi connectivity index (χ0) is 12.3. The van der Waals surface area contributed by atoms with Crippen LogP contribution in [-0.2, 0) is 0 Å². The fourth-order valence-electron chi connectivity index (χ4n) is 1.71. The second-order valence-corrected chi connectivity index (χ2v) is 4.29. The summed E-state index contributed by atoms with van der Waals surface area (Å²) < 4.78 is 0. The van der Waals surface area contributed by atoms with Gasteiger partial charge in [-0.05, 0) is 23.3 Å². The zero-order valence-electron chi connectivity index (χ0n) is 9.12. The highest BCUT2D eigenvalue weighted by Gasteiger charge is 2.19. The van der Waals surface area contributed by atoms with Crippen molar-refractivity contribution in [1.29, 1.82) is 0 Å². The van der Waals surface area contributed by atoms with Crippen molar-refractivity contribution in [1.82, 2.24) is 0 Å². The van der Waals surface area contributed by atoms with Gasteiger partial charge in [0, 0.05) is 5.02 Å². The first-order valence-electron chi connectivity index (χ1n) is 5.35. The van der Waals surface area contributed by atoms with Crippen molar-refractivity contribution in [3.63, 3.8) is 0 Å². The number of aliphatic hydroxyl groups excluding tert-OH is 2. The van der Waals surface area contributed by atoms with E-state index in [0.717, 1.165) is 0 Å². The van der Waals surface area contributed by atoms with Gasteiger partial charge >= 0.3 is 0 Å². The Morgan fingerprint density at radius 2 is 1.35 bits per heavy atom. The molecule has 0 amide bonds. The molecule has 0 aliphatic rings. The number of aliphatic hydroxyl groups is 2. The molecule has 88 valence electrons. The predicted molar refractivity (Wildman–Crippen MR) is 67.8 cm³/mol. The van der Waals surface area contributed by atoms with Crippen LogP contribution in [0, 0.1) is 0 Å². The van der Waals surface area contributed by atoms with Gasteiger partial charge in [0.15, 0.2) is 0 Å². The molecule has 2 unspecified atom stereocenters. The minimum Gasteiger partial charge on any atom is -0.385 e. The average Bonchev–Trinajstić information content (AvgIpc) is 2.38. The molecular formula is C14H13ClO2. The Hall–Kier alpha value is -1.35. The maximum Gasteiger partial charge on any atom is 0.109 e. The van der Waals surface area contributed by atoms with E-state index in [0.29, 0.717) is 16.1 Å². The van der Waals surface area contributed by atoms with Crippen molar-refractivity contribution < 1.29 is 10.2 Å². The molecule has 0 spiro atoms. The molecule has 3 heteroatoms. The quantitative estimate of drug-likeness (QED) is 0.876. The first-order valence-corrected chi connectivity index (χ1v) is 5.73. The van der Waals surface area contributed by atoms with Gasteiger partial charge in [0.05, 0.1) is 0 Å². The Bertz CT molecular complexity index is 485. The minimum absolute atomic E-state index is 0.543. The van der Waals surface area contributed by atoms with Crippen LogP contribution >= 0.6 is 11.6 Å². The lowest BCUT2D eigenvalue weighted by Crippen LogP contribution is -2.10. The summed E-state index contributed by atoms with van der Waals surface area (Å²) in [4.78, 5) is 0. The first-order chi connectivity index (χ1) is 8.18. The van der Waals surface area contributed by atoms with Gasteiger partial charge in [0.1, 0.15) is 12.2 Å². The zero-order valence-corrected chi connectivity index (χ0v) is 9.88. The van der Waals surface area contributed by atoms with E-state index >= 15 is 0 Å². The minimum atomic E-state index is -0.976. The molecule has 0 aliphatic heterocycles. The Labute approximate surface area is 105 Å². The molecular weight excluding hydrogens is 236 g/mol. The standard InChI is InChI=1S/C14H13ClO2/c15-12-8-4-7-11(9-12)14(17)13(16)10-5-2-1-3-6-10/h1-9,13-14,16-17H. The van der Waals surface area contributed by atoms with Gasteiger partial charge in [-0.25, -0.2) is 0 Å². The summed E-state index contributed by atoms with van der Waals surface area (Å²) in [6.07, 6.45) is -1.93. The number of benzene rings is 2. The van der Waals surface area contributed by atoms with Crippen LogP contribution in [0.2, 0.25) is 5.02 Å². The fourth-order valence-corrected chi connectivity index (χ4v) is 1.90. The van der Waals surface area contributed by atoms with Gasteiger partial charge < -0.3 is 10.2 Å². The normalized spacial score (nSPS) is 14.3. The third-order valence-electron chi connectivity index (χ3n) is 2.63. The summed E-state index contributed by atoms with van der Waals surface area (Å²) in [6, 6.07) is 15.9. The Kier molecular flexibility index (Phi) is 3.79. The maximum absolute atomic E-state index is 10.1. The monoisotopic (exact) mass is 248 g/mol. The molecule has 2 aromatic carbocycles. The second kappa shape index (κ2) is 5.32. The summed E-state index contributed by atoms with van der Waals surface area (Å²) in [5.41, 5.74) is 1.29. The average molecular weight is 249 g/mol. The Morgan fingerprint density at radius 1 is 0.765 bits per heavy atom.